The zero-order valence-corrected chi connectivity index (χ0v) is 16.9. The first kappa shape index (κ1) is 21.5. The van der Waals surface area contributed by atoms with Gasteiger partial charge in [-0.1, -0.05) is 23.4 Å². The summed E-state index contributed by atoms with van der Waals surface area (Å²) in [6.07, 6.45) is -0.434. The van der Waals surface area contributed by atoms with Gasteiger partial charge in [-0.05, 0) is 41.5 Å². The van der Waals surface area contributed by atoms with E-state index in [2.05, 4.69) is 20.6 Å². The van der Waals surface area contributed by atoms with Gasteiger partial charge in [0.2, 0.25) is 0 Å². The summed E-state index contributed by atoms with van der Waals surface area (Å²) in [7, 11) is 3.86. The third kappa shape index (κ3) is 4.85. The Morgan fingerprint density at radius 2 is 1.97 bits per heavy atom. The number of halogens is 2. The third-order valence-corrected chi connectivity index (χ3v) is 4.75. The number of urea groups is 1. The molecule has 2 aromatic carbocycles. The molecule has 0 radical (unpaired) electrons. The van der Waals surface area contributed by atoms with Gasteiger partial charge in [-0.2, -0.15) is 8.78 Å². The second kappa shape index (κ2) is 8.27. The van der Waals surface area contributed by atoms with E-state index in [0.29, 0.717) is 18.2 Å². The average Bonchev–Trinajstić information content (AvgIpc) is 3.11. The zero-order valence-electron chi connectivity index (χ0n) is 16.9. The topological polar surface area (TPSA) is 86.2 Å². The molecule has 30 heavy (non-hydrogen) atoms. The molecule has 0 aromatic heterocycles. The highest BCUT2D eigenvalue weighted by Crippen LogP contribution is 2.37. The Hall–Kier alpha value is -3.20. The van der Waals surface area contributed by atoms with Gasteiger partial charge in [0.25, 0.3) is 0 Å². The van der Waals surface area contributed by atoms with Crippen molar-refractivity contribution in [1.29, 1.82) is 0 Å². The molecule has 3 N–H and O–H groups in total. The molecule has 0 bridgehead atoms. The second-order valence-corrected chi connectivity index (χ2v) is 7.43. The second-order valence-electron chi connectivity index (χ2n) is 7.43. The number of amides is 2. The first-order valence-electron chi connectivity index (χ1n) is 9.34. The summed E-state index contributed by atoms with van der Waals surface area (Å²) in [4.78, 5) is 18.7. The van der Waals surface area contributed by atoms with E-state index in [9.17, 15) is 18.7 Å². The van der Waals surface area contributed by atoms with Crippen molar-refractivity contribution in [3.05, 3.63) is 59.7 Å². The van der Waals surface area contributed by atoms with Crippen molar-refractivity contribution in [2.45, 2.75) is 31.6 Å². The fraction of sp³-hybridized carbons (Fsp3) is 0.333. The Bertz CT molecular complexity index is 942. The van der Waals surface area contributed by atoms with Gasteiger partial charge in [0.05, 0.1) is 12.1 Å². The SMILES string of the molecule is CN(C)c1ccc(NC(=O)NCc2cccc(C3=NOC(O)(C(C)(F)F)C3)c2)cc1. The van der Waals surface area contributed by atoms with Crippen molar-refractivity contribution >= 4 is 23.1 Å². The highest BCUT2D eigenvalue weighted by atomic mass is 19.3. The van der Waals surface area contributed by atoms with E-state index in [0.717, 1.165) is 11.3 Å². The number of oxime groups is 1. The molecule has 0 saturated carbocycles. The normalized spacial score (nSPS) is 18.4. The van der Waals surface area contributed by atoms with Crippen LogP contribution in [0.5, 0.6) is 0 Å². The van der Waals surface area contributed by atoms with Gasteiger partial charge in [-0.15, -0.1) is 0 Å². The number of carbonyl (C=O) groups excluding carboxylic acids is 1. The molecular weight excluding hydrogens is 394 g/mol. The van der Waals surface area contributed by atoms with Crippen molar-refractivity contribution in [2.24, 2.45) is 5.16 Å². The highest BCUT2D eigenvalue weighted by Gasteiger charge is 2.55. The monoisotopic (exact) mass is 418 g/mol. The maximum absolute atomic E-state index is 13.5. The van der Waals surface area contributed by atoms with Gasteiger partial charge in [-0.3, -0.25) is 0 Å². The third-order valence-electron chi connectivity index (χ3n) is 4.75. The molecule has 1 heterocycles. The fourth-order valence-corrected chi connectivity index (χ4v) is 2.87. The lowest BCUT2D eigenvalue weighted by Gasteiger charge is -2.26. The smallest absolute Gasteiger partial charge is 0.319 e. The van der Waals surface area contributed by atoms with Crippen LogP contribution >= 0.6 is 0 Å². The molecule has 1 aliphatic rings. The van der Waals surface area contributed by atoms with Crippen molar-refractivity contribution in [3.8, 4) is 0 Å². The number of hydrogen-bond acceptors (Lipinski definition) is 5. The number of aliphatic hydroxyl groups is 1. The molecular formula is C21H24F2N4O3. The van der Waals surface area contributed by atoms with Gasteiger partial charge in [0, 0.05) is 38.9 Å². The van der Waals surface area contributed by atoms with Crippen LogP contribution < -0.4 is 15.5 Å². The van der Waals surface area contributed by atoms with Crippen molar-refractivity contribution in [3.63, 3.8) is 0 Å². The van der Waals surface area contributed by atoms with Gasteiger partial charge in [0.15, 0.2) is 0 Å². The lowest BCUT2D eigenvalue weighted by Crippen LogP contribution is -2.46. The van der Waals surface area contributed by atoms with Crippen LogP contribution in [0, 0.1) is 0 Å². The van der Waals surface area contributed by atoms with Crippen molar-refractivity contribution in [1.82, 2.24) is 5.32 Å². The summed E-state index contributed by atoms with van der Waals surface area (Å²) in [5.74, 6) is -6.11. The lowest BCUT2D eigenvalue weighted by molar-refractivity contribution is -0.298. The van der Waals surface area contributed by atoms with Gasteiger partial charge >= 0.3 is 17.7 Å². The van der Waals surface area contributed by atoms with E-state index in [4.69, 9.17) is 0 Å². The zero-order chi connectivity index (χ0) is 21.9. The van der Waals surface area contributed by atoms with E-state index in [-0.39, 0.29) is 18.3 Å². The number of nitrogens with zero attached hydrogens (tertiary/aromatic N) is 2. The van der Waals surface area contributed by atoms with Gasteiger partial charge in [0.1, 0.15) is 0 Å². The van der Waals surface area contributed by atoms with E-state index < -0.39 is 18.1 Å². The molecule has 1 aliphatic heterocycles. The predicted octanol–water partition coefficient (Wildman–Crippen LogP) is 3.54. The largest absolute Gasteiger partial charge is 0.378 e. The number of rotatable bonds is 6. The number of benzene rings is 2. The Kier molecular flexibility index (Phi) is 5.93. The molecule has 0 fully saturated rings. The van der Waals surface area contributed by atoms with E-state index in [1.807, 2.05) is 31.1 Å². The number of alkyl halides is 2. The fourth-order valence-electron chi connectivity index (χ4n) is 2.87. The molecule has 7 nitrogen and oxygen atoms in total. The Labute approximate surface area is 173 Å². The maximum Gasteiger partial charge on any atom is 0.319 e. The van der Waals surface area contributed by atoms with E-state index in [1.54, 1.807) is 36.4 Å². The standard InChI is InChI=1S/C21H24F2N4O3/c1-20(22,23)21(29)12-18(26-30-21)15-6-4-5-14(11-15)13-24-19(28)25-16-7-9-17(10-8-16)27(2)3/h4-11,29H,12-13H2,1-3H3,(H2,24,25,28). The minimum Gasteiger partial charge on any atom is -0.378 e. The molecule has 2 amide bonds. The van der Waals surface area contributed by atoms with E-state index in [1.165, 1.54) is 0 Å². The molecule has 1 unspecified atom stereocenters. The highest BCUT2D eigenvalue weighted by molar-refractivity contribution is 6.01. The number of anilines is 2. The maximum atomic E-state index is 13.5. The average molecular weight is 418 g/mol. The van der Waals surface area contributed by atoms with Crippen molar-refractivity contribution in [2.75, 3.05) is 24.3 Å². The molecule has 9 heteroatoms. The van der Waals surface area contributed by atoms with Crippen LogP contribution in [0.1, 0.15) is 24.5 Å². The minimum absolute atomic E-state index is 0.214. The Morgan fingerprint density at radius 1 is 1.27 bits per heavy atom. The van der Waals surface area contributed by atoms with Crippen LogP contribution in [-0.4, -0.2) is 42.7 Å². The van der Waals surface area contributed by atoms with Crippen LogP contribution in [0.4, 0.5) is 25.0 Å². The summed E-state index contributed by atoms with van der Waals surface area (Å²) >= 11 is 0. The molecule has 0 aliphatic carbocycles. The summed E-state index contributed by atoms with van der Waals surface area (Å²) in [5.41, 5.74) is 3.17. The van der Waals surface area contributed by atoms with Crippen LogP contribution in [0.2, 0.25) is 0 Å². The number of carbonyl (C=O) groups is 1. The Morgan fingerprint density at radius 3 is 2.57 bits per heavy atom. The van der Waals surface area contributed by atoms with Crippen molar-refractivity contribution < 1.29 is 23.5 Å². The summed E-state index contributed by atoms with van der Waals surface area (Å²) in [5, 5.41) is 19.0. The molecule has 1 atom stereocenters. The summed E-state index contributed by atoms with van der Waals surface area (Å²) in [6.45, 7) is 0.802. The summed E-state index contributed by atoms with van der Waals surface area (Å²) < 4.78 is 27.0. The van der Waals surface area contributed by atoms with Gasteiger partial charge < -0.3 is 25.5 Å². The van der Waals surface area contributed by atoms with Crippen LogP contribution in [-0.2, 0) is 11.4 Å². The Balaban J connectivity index is 1.57. The number of nitrogens with one attached hydrogen (secondary N) is 2. The predicted molar refractivity (Wildman–Crippen MR) is 111 cm³/mol. The first-order valence-corrected chi connectivity index (χ1v) is 9.34. The molecule has 160 valence electrons. The van der Waals surface area contributed by atoms with Crippen LogP contribution in [0.3, 0.4) is 0 Å². The first-order chi connectivity index (χ1) is 14.1. The quantitative estimate of drug-likeness (QED) is 0.670. The molecule has 2 aromatic rings. The summed E-state index contributed by atoms with van der Waals surface area (Å²) in [6, 6.07) is 13.9. The molecule has 0 spiro atoms. The van der Waals surface area contributed by atoms with Crippen LogP contribution in [0.15, 0.2) is 53.7 Å². The number of hydrogen-bond donors (Lipinski definition) is 3. The molecule has 0 saturated heterocycles. The van der Waals surface area contributed by atoms with Crippen LogP contribution in [0.25, 0.3) is 0 Å². The van der Waals surface area contributed by atoms with E-state index >= 15 is 0 Å². The lowest BCUT2D eigenvalue weighted by atomic mass is 9.98. The minimum atomic E-state index is -3.46. The molecule has 3 rings (SSSR count). The van der Waals surface area contributed by atoms with Gasteiger partial charge in [-0.25, -0.2) is 4.79 Å².